The fourth-order valence-electron chi connectivity index (χ4n) is 1.22. The van der Waals surface area contributed by atoms with E-state index in [4.69, 9.17) is 5.26 Å². The Morgan fingerprint density at radius 2 is 2.31 bits per heavy atom. The van der Waals surface area contributed by atoms with Crippen LogP contribution in [0.3, 0.4) is 0 Å². The van der Waals surface area contributed by atoms with Crippen LogP contribution in [-0.2, 0) is 6.42 Å². The van der Waals surface area contributed by atoms with Crippen molar-refractivity contribution in [3.8, 4) is 6.07 Å². The molecule has 0 bridgehead atoms. The van der Waals surface area contributed by atoms with E-state index in [0.29, 0.717) is 6.42 Å². The Morgan fingerprint density at radius 1 is 1.54 bits per heavy atom. The molecule has 0 aliphatic rings. The van der Waals surface area contributed by atoms with Gasteiger partial charge in [0.25, 0.3) is 0 Å². The second-order valence-electron chi connectivity index (χ2n) is 3.04. The molecule has 0 unspecified atom stereocenters. The first-order valence-corrected chi connectivity index (χ1v) is 4.24. The maximum Gasteiger partial charge on any atom is 0.131 e. The molecule has 0 aliphatic heterocycles. The van der Waals surface area contributed by atoms with Gasteiger partial charge in [0.2, 0.25) is 0 Å². The van der Waals surface area contributed by atoms with E-state index in [9.17, 15) is 0 Å². The summed E-state index contributed by atoms with van der Waals surface area (Å²) in [7, 11) is 3.91. The van der Waals surface area contributed by atoms with Gasteiger partial charge in [0, 0.05) is 26.7 Å². The molecule has 1 aromatic heterocycles. The van der Waals surface area contributed by atoms with Crippen molar-refractivity contribution in [2.24, 2.45) is 0 Å². The lowest BCUT2D eigenvalue weighted by Gasteiger charge is -2.14. The van der Waals surface area contributed by atoms with Crippen LogP contribution in [0.15, 0.2) is 18.3 Å². The van der Waals surface area contributed by atoms with Gasteiger partial charge >= 0.3 is 0 Å². The van der Waals surface area contributed by atoms with E-state index in [2.05, 4.69) is 11.1 Å². The smallest absolute Gasteiger partial charge is 0.131 e. The Bertz CT molecular complexity index is 312. The molecule has 68 valence electrons. The van der Waals surface area contributed by atoms with E-state index in [0.717, 1.165) is 17.8 Å². The van der Waals surface area contributed by atoms with E-state index in [-0.39, 0.29) is 0 Å². The monoisotopic (exact) mass is 175 g/mol. The van der Waals surface area contributed by atoms with E-state index in [1.165, 1.54) is 0 Å². The summed E-state index contributed by atoms with van der Waals surface area (Å²) < 4.78 is 0. The number of anilines is 1. The highest BCUT2D eigenvalue weighted by atomic mass is 15.1. The molecule has 1 rings (SSSR count). The number of nitrogens with zero attached hydrogens (tertiary/aromatic N) is 3. The predicted octanol–water partition coefficient (Wildman–Crippen LogP) is 1.60. The summed E-state index contributed by atoms with van der Waals surface area (Å²) in [4.78, 5) is 6.21. The topological polar surface area (TPSA) is 39.9 Å². The number of hydrogen-bond acceptors (Lipinski definition) is 3. The van der Waals surface area contributed by atoms with Crippen molar-refractivity contribution in [1.82, 2.24) is 4.98 Å². The van der Waals surface area contributed by atoms with E-state index >= 15 is 0 Å². The molecule has 3 heteroatoms. The molecule has 0 atom stereocenters. The molecule has 13 heavy (non-hydrogen) atoms. The number of hydrogen-bond donors (Lipinski definition) is 0. The van der Waals surface area contributed by atoms with E-state index in [1.54, 1.807) is 6.20 Å². The van der Waals surface area contributed by atoms with Crippen molar-refractivity contribution in [2.45, 2.75) is 12.8 Å². The Labute approximate surface area is 78.6 Å². The molecule has 0 aliphatic carbocycles. The summed E-state index contributed by atoms with van der Waals surface area (Å²) in [5.74, 6) is 0.956. The zero-order chi connectivity index (χ0) is 9.68. The summed E-state index contributed by atoms with van der Waals surface area (Å²) in [5, 5.41) is 8.47. The van der Waals surface area contributed by atoms with Gasteiger partial charge in [-0.25, -0.2) is 4.98 Å². The van der Waals surface area contributed by atoms with Crippen LogP contribution in [0.1, 0.15) is 12.0 Å². The third-order valence-electron chi connectivity index (χ3n) is 1.80. The predicted molar refractivity (Wildman–Crippen MR) is 52.5 cm³/mol. The van der Waals surface area contributed by atoms with Crippen molar-refractivity contribution < 1.29 is 0 Å². The van der Waals surface area contributed by atoms with Crippen LogP contribution in [0.4, 0.5) is 5.82 Å². The lowest BCUT2D eigenvalue weighted by atomic mass is 10.1. The van der Waals surface area contributed by atoms with Gasteiger partial charge in [-0.05, 0) is 18.1 Å². The normalized spacial score (nSPS) is 9.31. The molecule has 3 nitrogen and oxygen atoms in total. The average molecular weight is 175 g/mol. The molecule has 0 aromatic carbocycles. The first-order chi connectivity index (χ1) is 6.25. The lowest BCUT2D eigenvalue weighted by molar-refractivity contribution is 0.960. The summed E-state index contributed by atoms with van der Waals surface area (Å²) in [5.41, 5.74) is 1.13. The first-order valence-electron chi connectivity index (χ1n) is 4.24. The standard InChI is InChI=1S/C10H13N3/c1-13(2)10-9(5-3-7-11)6-4-8-12-10/h4,6,8H,3,5H2,1-2H3. The first kappa shape index (κ1) is 9.53. The SMILES string of the molecule is CN(C)c1ncccc1CCC#N. The van der Waals surface area contributed by atoms with Crippen LogP contribution in [0.2, 0.25) is 0 Å². The maximum absolute atomic E-state index is 8.47. The highest BCUT2D eigenvalue weighted by Gasteiger charge is 2.03. The Hall–Kier alpha value is -1.56. The number of aromatic nitrogens is 1. The number of aryl methyl sites for hydroxylation is 1. The van der Waals surface area contributed by atoms with Crippen LogP contribution in [0.25, 0.3) is 0 Å². The maximum atomic E-state index is 8.47. The average Bonchev–Trinajstić information content (AvgIpc) is 2.15. The fraction of sp³-hybridized carbons (Fsp3) is 0.400. The van der Waals surface area contributed by atoms with Crippen molar-refractivity contribution in [3.63, 3.8) is 0 Å². The quantitative estimate of drug-likeness (QED) is 0.700. The minimum Gasteiger partial charge on any atom is -0.363 e. The molecule has 0 saturated heterocycles. The van der Waals surface area contributed by atoms with Gasteiger partial charge in [0.1, 0.15) is 5.82 Å². The zero-order valence-electron chi connectivity index (χ0n) is 7.99. The van der Waals surface area contributed by atoms with Crippen LogP contribution in [0, 0.1) is 11.3 Å². The molecule has 0 N–H and O–H groups in total. The largest absolute Gasteiger partial charge is 0.363 e. The van der Waals surface area contributed by atoms with Crippen LogP contribution >= 0.6 is 0 Å². The van der Waals surface area contributed by atoms with Crippen LogP contribution in [0.5, 0.6) is 0 Å². The third kappa shape index (κ3) is 2.45. The van der Waals surface area contributed by atoms with Crippen molar-refractivity contribution in [2.75, 3.05) is 19.0 Å². The van der Waals surface area contributed by atoms with Gasteiger partial charge in [-0.2, -0.15) is 5.26 Å². The number of rotatable bonds is 3. The third-order valence-corrected chi connectivity index (χ3v) is 1.80. The zero-order valence-corrected chi connectivity index (χ0v) is 7.99. The van der Waals surface area contributed by atoms with E-state index < -0.39 is 0 Å². The summed E-state index contributed by atoms with van der Waals surface area (Å²) in [6.45, 7) is 0. The number of pyridine rings is 1. The van der Waals surface area contributed by atoms with Crippen molar-refractivity contribution in [3.05, 3.63) is 23.9 Å². The second-order valence-corrected chi connectivity index (χ2v) is 3.04. The van der Waals surface area contributed by atoms with Crippen LogP contribution < -0.4 is 4.90 Å². The Kier molecular flexibility index (Phi) is 3.27. The summed E-state index contributed by atoms with van der Waals surface area (Å²) >= 11 is 0. The summed E-state index contributed by atoms with van der Waals surface area (Å²) in [6.07, 6.45) is 3.09. The molecular weight excluding hydrogens is 162 g/mol. The minimum absolute atomic E-state index is 0.548. The Morgan fingerprint density at radius 3 is 2.92 bits per heavy atom. The number of nitriles is 1. The molecule has 1 heterocycles. The van der Waals surface area contributed by atoms with Crippen molar-refractivity contribution >= 4 is 5.82 Å². The van der Waals surface area contributed by atoms with Gasteiger partial charge < -0.3 is 4.90 Å². The highest BCUT2D eigenvalue weighted by molar-refractivity contribution is 5.45. The highest BCUT2D eigenvalue weighted by Crippen LogP contribution is 2.15. The summed E-state index contributed by atoms with van der Waals surface area (Å²) in [6, 6.07) is 6.05. The van der Waals surface area contributed by atoms with Gasteiger partial charge in [0.15, 0.2) is 0 Å². The molecule has 0 radical (unpaired) electrons. The second kappa shape index (κ2) is 4.46. The fourth-order valence-corrected chi connectivity index (χ4v) is 1.22. The lowest BCUT2D eigenvalue weighted by Crippen LogP contribution is -2.12. The molecule has 1 aromatic rings. The molecule has 0 fully saturated rings. The molecule has 0 saturated carbocycles. The molecule has 0 spiro atoms. The van der Waals surface area contributed by atoms with Crippen LogP contribution in [-0.4, -0.2) is 19.1 Å². The Balaban J connectivity index is 2.86. The van der Waals surface area contributed by atoms with Crippen molar-refractivity contribution in [1.29, 1.82) is 5.26 Å². The van der Waals surface area contributed by atoms with Gasteiger partial charge in [-0.1, -0.05) is 6.07 Å². The van der Waals surface area contributed by atoms with Gasteiger partial charge in [-0.3, -0.25) is 0 Å². The minimum atomic E-state index is 0.548. The molecular formula is C10H13N3. The van der Waals surface area contributed by atoms with Gasteiger partial charge in [0.05, 0.1) is 6.07 Å². The van der Waals surface area contributed by atoms with Gasteiger partial charge in [-0.15, -0.1) is 0 Å². The van der Waals surface area contributed by atoms with E-state index in [1.807, 2.05) is 31.1 Å². The molecule has 0 amide bonds.